The third-order valence-electron chi connectivity index (χ3n) is 3.72. The maximum Gasteiger partial charge on any atom is 0.225 e. The molecule has 1 aliphatic heterocycles. The zero-order valence-electron chi connectivity index (χ0n) is 10.2. The molecule has 2 amide bonds. The number of amides is 2. The normalized spacial score (nSPS) is 33.2. The summed E-state index contributed by atoms with van der Waals surface area (Å²) < 4.78 is 0. The third-order valence-corrected chi connectivity index (χ3v) is 4.89. The fourth-order valence-corrected chi connectivity index (χ4v) is 3.57. The van der Waals surface area contributed by atoms with Gasteiger partial charge < -0.3 is 10.6 Å². The lowest BCUT2D eigenvalue weighted by Gasteiger charge is -2.25. The number of nitrogens with one attached hydrogen (secondary N) is 2. The van der Waals surface area contributed by atoms with Gasteiger partial charge in [-0.15, -0.1) is 0 Å². The van der Waals surface area contributed by atoms with Crippen molar-refractivity contribution >= 4 is 23.6 Å². The minimum atomic E-state index is -0.0317. The number of rotatable bonds is 3. The molecule has 2 aliphatic rings. The number of hydrogen-bond donors (Lipinski definition) is 2. The number of carbonyl (C=O) groups excluding carboxylic acids is 2. The fourth-order valence-electron chi connectivity index (χ4n) is 2.63. The average Bonchev–Trinajstić information content (AvgIpc) is 2.77. The molecule has 0 aromatic heterocycles. The van der Waals surface area contributed by atoms with E-state index in [2.05, 4.69) is 16.9 Å². The second kappa shape index (κ2) is 5.76. The molecule has 2 N–H and O–H groups in total. The first-order valence-electron chi connectivity index (χ1n) is 6.30. The molecule has 0 spiro atoms. The molecule has 1 aliphatic carbocycles. The van der Waals surface area contributed by atoms with Gasteiger partial charge in [0.15, 0.2) is 0 Å². The largest absolute Gasteiger partial charge is 0.355 e. The second-order valence-corrected chi connectivity index (χ2v) is 5.94. The lowest BCUT2D eigenvalue weighted by atomic mass is 9.98. The summed E-state index contributed by atoms with van der Waals surface area (Å²) in [4.78, 5) is 23.1. The van der Waals surface area contributed by atoms with Gasteiger partial charge in [-0.05, 0) is 25.5 Å². The quantitative estimate of drug-likeness (QED) is 0.789. The number of hydrogen-bond acceptors (Lipinski definition) is 3. The molecule has 5 heteroatoms. The van der Waals surface area contributed by atoms with Gasteiger partial charge in [0.2, 0.25) is 11.8 Å². The van der Waals surface area contributed by atoms with Crippen molar-refractivity contribution in [2.45, 2.75) is 43.4 Å². The smallest absolute Gasteiger partial charge is 0.225 e. The van der Waals surface area contributed by atoms with Crippen molar-refractivity contribution in [2.24, 2.45) is 5.92 Å². The Hall–Kier alpha value is -0.710. The van der Waals surface area contributed by atoms with E-state index < -0.39 is 0 Å². The van der Waals surface area contributed by atoms with Crippen LogP contribution in [0.25, 0.3) is 0 Å². The van der Waals surface area contributed by atoms with Crippen molar-refractivity contribution in [3.8, 4) is 0 Å². The van der Waals surface area contributed by atoms with Crippen molar-refractivity contribution in [1.82, 2.24) is 10.6 Å². The van der Waals surface area contributed by atoms with Gasteiger partial charge in [0.25, 0.3) is 0 Å². The topological polar surface area (TPSA) is 58.2 Å². The van der Waals surface area contributed by atoms with Crippen LogP contribution in [-0.2, 0) is 9.59 Å². The van der Waals surface area contributed by atoms with E-state index in [1.54, 1.807) is 0 Å². The summed E-state index contributed by atoms with van der Waals surface area (Å²) in [6.45, 7) is 0.501. The summed E-state index contributed by atoms with van der Waals surface area (Å²) in [6, 6.07) is 0.329. The highest BCUT2D eigenvalue weighted by molar-refractivity contribution is 7.99. The molecule has 3 atom stereocenters. The predicted octanol–water partition coefficient (Wildman–Crippen LogP) is 0.913. The first kappa shape index (κ1) is 12.7. The molecule has 96 valence electrons. The van der Waals surface area contributed by atoms with Gasteiger partial charge in [-0.2, -0.15) is 11.8 Å². The SMILES string of the molecule is CSC1CCCC1NC(=O)C1CCC(=O)NC1. The Kier molecular flexibility index (Phi) is 4.31. The summed E-state index contributed by atoms with van der Waals surface area (Å²) in [5.41, 5.74) is 0. The Morgan fingerprint density at radius 3 is 2.88 bits per heavy atom. The highest BCUT2D eigenvalue weighted by atomic mass is 32.2. The van der Waals surface area contributed by atoms with Gasteiger partial charge in [-0.1, -0.05) is 6.42 Å². The van der Waals surface area contributed by atoms with Crippen molar-refractivity contribution in [3.05, 3.63) is 0 Å². The highest BCUT2D eigenvalue weighted by Crippen LogP contribution is 2.28. The molecule has 3 unspecified atom stereocenters. The number of carbonyl (C=O) groups is 2. The van der Waals surface area contributed by atoms with Crippen LogP contribution in [0, 0.1) is 5.92 Å². The third kappa shape index (κ3) is 3.15. The minimum absolute atomic E-state index is 0.0317. The van der Waals surface area contributed by atoms with Crippen LogP contribution in [0.2, 0.25) is 0 Å². The van der Waals surface area contributed by atoms with Gasteiger partial charge in [-0.3, -0.25) is 9.59 Å². The van der Waals surface area contributed by atoms with E-state index in [-0.39, 0.29) is 17.7 Å². The highest BCUT2D eigenvalue weighted by Gasteiger charge is 2.31. The van der Waals surface area contributed by atoms with Crippen LogP contribution in [0.15, 0.2) is 0 Å². The van der Waals surface area contributed by atoms with Crippen LogP contribution < -0.4 is 10.6 Å². The lowest BCUT2D eigenvalue weighted by molar-refractivity contribution is -0.129. The molecular weight excluding hydrogens is 236 g/mol. The van der Waals surface area contributed by atoms with Crippen LogP contribution in [0.1, 0.15) is 32.1 Å². The van der Waals surface area contributed by atoms with Crippen LogP contribution >= 0.6 is 11.8 Å². The van der Waals surface area contributed by atoms with E-state index in [0.717, 1.165) is 6.42 Å². The van der Waals surface area contributed by atoms with Crippen LogP contribution in [0.4, 0.5) is 0 Å². The van der Waals surface area contributed by atoms with E-state index in [0.29, 0.717) is 30.7 Å². The maximum atomic E-state index is 12.1. The fraction of sp³-hybridized carbons (Fsp3) is 0.833. The Labute approximate surface area is 106 Å². The summed E-state index contributed by atoms with van der Waals surface area (Å²) >= 11 is 1.85. The molecule has 1 saturated heterocycles. The van der Waals surface area contributed by atoms with Crippen molar-refractivity contribution in [3.63, 3.8) is 0 Å². The van der Waals surface area contributed by atoms with E-state index in [1.807, 2.05) is 11.8 Å². The van der Waals surface area contributed by atoms with E-state index in [4.69, 9.17) is 0 Å². The average molecular weight is 256 g/mol. The van der Waals surface area contributed by atoms with E-state index in [9.17, 15) is 9.59 Å². The molecule has 2 rings (SSSR count). The Morgan fingerprint density at radius 1 is 1.41 bits per heavy atom. The van der Waals surface area contributed by atoms with Crippen LogP contribution in [0.3, 0.4) is 0 Å². The monoisotopic (exact) mass is 256 g/mol. The molecule has 2 fully saturated rings. The van der Waals surface area contributed by atoms with Crippen molar-refractivity contribution in [2.75, 3.05) is 12.8 Å². The van der Waals surface area contributed by atoms with Gasteiger partial charge in [0.05, 0.1) is 5.92 Å². The Balaban J connectivity index is 1.82. The van der Waals surface area contributed by atoms with Gasteiger partial charge in [-0.25, -0.2) is 0 Å². The molecule has 0 bridgehead atoms. The van der Waals surface area contributed by atoms with Crippen LogP contribution in [0.5, 0.6) is 0 Å². The molecule has 4 nitrogen and oxygen atoms in total. The summed E-state index contributed by atoms with van der Waals surface area (Å²) in [7, 11) is 0. The lowest BCUT2D eigenvalue weighted by Crippen LogP contribution is -2.47. The molecule has 1 heterocycles. The van der Waals surface area contributed by atoms with Crippen molar-refractivity contribution < 1.29 is 9.59 Å². The van der Waals surface area contributed by atoms with Crippen LogP contribution in [-0.4, -0.2) is 35.9 Å². The van der Waals surface area contributed by atoms with Gasteiger partial charge >= 0.3 is 0 Å². The van der Waals surface area contributed by atoms with E-state index >= 15 is 0 Å². The zero-order valence-corrected chi connectivity index (χ0v) is 11.0. The molecule has 0 radical (unpaired) electrons. The summed E-state index contributed by atoms with van der Waals surface area (Å²) in [6.07, 6.45) is 6.78. The second-order valence-electron chi connectivity index (χ2n) is 4.86. The molecule has 17 heavy (non-hydrogen) atoms. The molecule has 0 aromatic carbocycles. The van der Waals surface area contributed by atoms with Gasteiger partial charge in [0.1, 0.15) is 0 Å². The first-order valence-corrected chi connectivity index (χ1v) is 7.59. The van der Waals surface area contributed by atoms with Gasteiger partial charge in [0, 0.05) is 24.3 Å². The molecule has 0 aromatic rings. The number of piperidine rings is 1. The zero-order chi connectivity index (χ0) is 12.3. The first-order chi connectivity index (χ1) is 8.20. The standard InChI is InChI=1S/C12H20N2O2S/c1-17-10-4-2-3-9(10)14-12(16)8-5-6-11(15)13-7-8/h8-10H,2-7H2,1H3,(H,13,15)(H,14,16). The van der Waals surface area contributed by atoms with Crippen molar-refractivity contribution in [1.29, 1.82) is 0 Å². The number of thioether (sulfide) groups is 1. The minimum Gasteiger partial charge on any atom is -0.355 e. The summed E-state index contributed by atoms with van der Waals surface area (Å²) in [5, 5.41) is 6.48. The Morgan fingerprint density at radius 2 is 2.24 bits per heavy atom. The Bertz CT molecular complexity index is 299. The predicted molar refractivity (Wildman–Crippen MR) is 68.8 cm³/mol. The summed E-state index contributed by atoms with van der Waals surface area (Å²) in [5.74, 6) is 0.156. The molecular formula is C12H20N2O2S. The van der Waals surface area contributed by atoms with E-state index in [1.165, 1.54) is 12.8 Å². The maximum absolute atomic E-state index is 12.1. The molecule has 1 saturated carbocycles.